The third-order valence-electron chi connectivity index (χ3n) is 2.23. The van der Waals surface area contributed by atoms with Gasteiger partial charge in [-0.25, -0.2) is 0 Å². The van der Waals surface area contributed by atoms with E-state index in [1.165, 1.54) is 11.1 Å². The molecule has 1 nitrogen and oxygen atoms in total. The summed E-state index contributed by atoms with van der Waals surface area (Å²) in [5.41, 5.74) is 8.05. The molecule has 0 aliphatic carbocycles. The van der Waals surface area contributed by atoms with Gasteiger partial charge in [-0.2, -0.15) is 0 Å². The molecule has 0 atom stereocenters. The lowest BCUT2D eigenvalue weighted by Gasteiger charge is -1.98. The van der Waals surface area contributed by atoms with E-state index in [4.69, 9.17) is 5.73 Å². The summed E-state index contributed by atoms with van der Waals surface area (Å²) < 4.78 is 0. The molecule has 2 N–H and O–H groups in total. The normalized spacial score (nSPS) is 11.6. The van der Waals surface area contributed by atoms with Crippen molar-refractivity contribution in [3.63, 3.8) is 0 Å². The van der Waals surface area contributed by atoms with E-state index in [-0.39, 0.29) is 0 Å². The Hall–Kier alpha value is -1.34. The molecule has 0 saturated heterocycles. The van der Waals surface area contributed by atoms with Crippen LogP contribution in [0.5, 0.6) is 0 Å². The highest BCUT2D eigenvalue weighted by atomic mass is 14.5. The van der Waals surface area contributed by atoms with Crippen LogP contribution in [0.1, 0.15) is 24.5 Å². The van der Waals surface area contributed by atoms with Crippen molar-refractivity contribution in [2.75, 3.05) is 0 Å². The van der Waals surface area contributed by atoms with Gasteiger partial charge in [0.15, 0.2) is 0 Å². The van der Waals surface area contributed by atoms with Crippen molar-refractivity contribution in [2.24, 2.45) is 5.73 Å². The zero-order valence-corrected chi connectivity index (χ0v) is 9.32. The molecule has 80 valence electrons. The lowest BCUT2D eigenvalue weighted by atomic mass is 10.1. The Labute approximate surface area is 92.3 Å². The number of nitrogens with two attached hydrogens (primary N) is 1. The van der Waals surface area contributed by atoms with Gasteiger partial charge in [0.05, 0.1) is 0 Å². The second kappa shape index (κ2) is 7.02. The molecule has 1 aromatic rings. The van der Waals surface area contributed by atoms with E-state index in [0.717, 1.165) is 12.8 Å². The average molecular weight is 201 g/mol. The predicted molar refractivity (Wildman–Crippen MR) is 66.6 cm³/mol. The Morgan fingerprint density at radius 1 is 1.00 bits per heavy atom. The molecule has 0 unspecified atom stereocenters. The van der Waals surface area contributed by atoms with E-state index in [0.29, 0.717) is 6.54 Å². The van der Waals surface area contributed by atoms with Crippen molar-refractivity contribution in [1.82, 2.24) is 0 Å². The van der Waals surface area contributed by atoms with Crippen LogP contribution >= 0.6 is 0 Å². The maximum absolute atomic E-state index is 5.53. The van der Waals surface area contributed by atoms with Gasteiger partial charge in [-0.1, -0.05) is 55.5 Å². The fraction of sp³-hybridized carbons (Fsp3) is 0.286. The number of benzene rings is 1. The van der Waals surface area contributed by atoms with Crippen LogP contribution in [0, 0.1) is 0 Å². The van der Waals surface area contributed by atoms with Gasteiger partial charge in [0.2, 0.25) is 0 Å². The van der Waals surface area contributed by atoms with Crippen LogP contribution < -0.4 is 5.73 Å². The van der Waals surface area contributed by atoms with E-state index in [1.54, 1.807) is 0 Å². The van der Waals surface area contributed by atoms with Crippen molar-refractivity contribution in [3.8, 4) is 0 Å². The van der Waals surface area contributed by atoms with Gasteiger partial charge in [0.1, 0.15) is 0 Å². The SMILES string of the molecule is CC/C=C\C=C/Cc1ccc(CN)cc1. The van der Waals surface area contributed by atoms with E-state index in [2.05, 4.69) is 55.5 Å². The molecule has 0 radical (unpaired) electrons. The third-order valence-corrected chi connectivity index (χ3v) is 2.23. The first kappa shape index (κ1) is 11.7. The second-order valence-electron chi connectivity index (χ2n) is 3.49. The number of allylic oxidation sites excluding steroid dienone is 4. The molecule has 0 fully saturated rings. The summed E-state index contributed by atoms with van der Waals surface area (Å²) in [5, 5.41) is 0. The van der Waals surface area contributed by atoms with E-state index >= 15 is 0 Å². The highest BCUT2D eigenvalue weighted by Crippen LogP contribution is 2.04. The van der Waals surface area contributed by atoms with Gasteiger partial charge in [0, 0.05) is 6.54 Å². The van der Waals surface area contributed by atoms with Crippen LogP contribution in [0.2, 0.25) is 0 Å². The van der Waals surface area contributed by atoms with E-state index < -0.39 is 0 Å². The summed E-state index contributed by atoms with van der Waals surface area (Å²) in [6, 6.07) is 8.45. The van der Waals surface area contributed by atoms with Crippen molar-refractivity contribution < 1.29 is 0 Å². The molecule has 1 rings (SSSR count). The van der Waals surface area contributed by atoms with Crippen molar-refractivity contribution in [2.45, 2.75) is 26.3 Å². The lowest BCUT2D eigenvalue weighted by molar-refractivity contribution is 1.07. The first-order valence-corrected chi connectivity index (χ1v) is 5.46. The minimum atomic E-state index is 0.620. The number of hydrogen-bond donors (Lipinski definition) is 1. The Morgan fingerprint density at radius 2 is 1.60 bits per heavy atom. The average Bonchev–Trinajstić information content (AvgIpc) is 2.30. The predicted octanol–water partition coefficient (Wildman–Crippen LogP) is 3.21. The summed E-state index contributed by atoms with van der Waals surface area (Å²) in [6.07, 6.45) is 10.6. The maximum Gasteiger partial charge on any atom is 0.0178 e. The van der Waals surface area contributed by atoms with Gasteiger partial charge in [-0.3, -0.25) is 0 Å². The third kappa shape index (κ3) is 4.61. The monoisotopic (exact) mass is 201 g/mol. The largest absolute Gasteiger partial charge is 0.326 e. The van der Waals surface area contributed by atoms with Gasteiger partial charge in [-0.15, -0.1) is 0 Å². The summed E-state index contributed by atoms with van der Waals surface area (Å²) in [5.74, 6) is 0. The molecule has 0 aliphatic heterocycles. The van der Waals surface area contributed by atoms with Gasteiger partial charge in [-0.05, 0) is 24.0 Å². The summed E-state index contributed by atoms with van der Waals surface area (Å²) in [4.78, 5) is 0. The quantitative estimate of drug-likeness (QED) is 0.727. The molecule has 0 heterocycles. The summed E-state index contributed by atoms with van der Waals surface area (Å²) in [6.45, 7) is 2.76. The smallest absolute Gasteiger partial charge is 0.0178 e. The highest BCUT2D eigenvalue weighted by Gasteiger charge is 1.90. The first-order chi connectivity index (χ1) is 7.36. The Morgan fingerprint density at radius 3 is 2.20 bits per heavy atom. The molecular weight excluding hydrogens is 182 g/mol. The Bertz CT molecular complexity index is 320. The molecule has 0 aliphatic rings. The van der Waals surface area contributed by atoms with E-state index in [1.807, 2.05) is 0 Å². The first-order valence-electron chi connectivity index (χ1n) is 5.46. The van der Waals surface area contributed by atoms with Crippen molar-refractivity contribution >= 4 is 0 Å². The van der Waals surface area contributed by atoms with Crippen LogP contribution in [0.25, 0.3) is 0 Å². The fourth-order valence-corrected chi connectivity index (χ4v) is 1.31. The zero-order chi connectivity index (χ0) is 10.9. The molecule has 0 bridgehead atoms. The van der Waals surface area contributed by atoms with Crippen molar-refractivity contribution in [3.05, 3.63) is 59.7 Å². The second-order valence-corrected chi connectivity index (χ2v) is 3.49. The number of hydrogen-bond acceptors (Lipinski definition) is 1. The summed E-state index contributed by atoms with van der Waals surface area (Å²) >= 11 is 0. The molecule has 0 spiro atoms. The standard InChI is InChI=1S/C14H19N/c1-2-3-4-5-6-7-13-8-10-14(12-15)11-9-13/h3-6,8-11H,2,7,12,15H2,1H3/b4-3-,6-5-. The lowest BCUT2D eigenvalue weighted by Crippen LogP contribution is -1.95. The van der Waals surface area contributed by atoms with Crippen LogP contribution in [0.3, 0.4) is 0 Å². The van der Waals surface area contributed by atoms with Gasteiger partial charge in [0.25, 0.3) is 0 Å². The number of rotatable bonds is 5. The fourth-order valence-electron chi connectivity index (χ4n) is 1.31. The van der Waals surface area contributed by atoms with Crippen molar-refractivity contribution in [1.29, 1.82) is 0 Å². The van der Waals surface area contributed by atoms with E-state index in [9.17, 15) is 0 Å². The minimum Gasteiger partial charge on any atom is -0.326 e. The maximum atomic E-state index is 5.53. The molecule has 1 aromatic carbocycles. The minimum absolute atomic E-state index is 0.620. The zero-order valence-electron chi connectivity index (χ0n) is 9.32. The topological polar surface area (TPSA) is 26.0 Å². The van der Waals surface area contributed by atoms with Gasteiger partial charge >= 0.3 is 0 Å². The molecule has 0 aromatic heterocycles. The van der Waals surface area contributed by atoms with Crippen LogP contribution in [-0.4, -0.2) is 0 Å². The van der Waals surface area contributed by atoms with Crippen LogP contribution in [-0.2, 0) is 13.0 Å². The van der Waals surface area contributed by atoms with Crippen LogP contribution in [0.15, 0.2) is 48.6 Å². The molecule has 0 amide bonds. The summed E-state index contributed by atoms with van der Waals surface area (Å²) in [7, 11) is 0. The molecular formula is C14H19N. The Balaban J connectivity index is 2.44. The molecule has 15 heavy (non-hydrogen) atoms. The molecule has 1 heteroatoms. The molecule has 0 saturated carbocycles. The highest BCUT2D eigenvalue weighted by molar-refractivity contribution is 5.24. The van der Waals surface area contributed by atoms with Gasteiger partial charge < -0.3 is 5.73 Å². The van der Waals surface area contributed by atoms with Crippen LogP contribution in [0.4, 0.5) is 0 Å². The Kier molecular flexibility index (Phi) is 5.49.